The molecule has 6 nitrogen and oxygen atoms in total. The van der Waals surface area contributed by atoms with E-state index in [2.05, 4.69) is 0 Å². The predicted octanol–water partition coefficient (Wildman–Crippen LogP) is 3.72. The Bertz CT molecular complexity index is 1140. The fourth-order valence-electron chi connectivity index (χ4n) is 2.82. The van der Waals surface area contributed by atoms with Gasteiger partial charge in [-0.2, -0.15) is 0 Å². The van der Waals surface area contributed by atoms with Crippen LogP contribution in [0.5, 0.6) is 0 Å². The molecule has 0 saturated heterocycles. The number of nitrogens with zero attached hydrogens (tertiary/aromatic N) is 1. The van der Waals surface area contributed by atoms with Crippen LogP contribution in [0.25, 0.3) is 0 Å². The van der Waals surface area contributed by atoms with Gasteiger partial charge in [-0.25, -0.2) is 17.5 Å². The average Bonchev–Trinajstić information content (AvgIpc) is 2.78. The van der Waals surface area contributed by atoms with Gasteiger partial charge >= 0.3 is 5.97 Å². The average molecular weight is 423 g/mol. The Morgan fingerprint density at radius 2 is 1.37 bits per heavy atom. The SMILES string of the molecule is CN(C)S(=O)(=O)c1cccc(C(=O)OC(C(=O)c2ccccc2)c2ccccc2)c1. The summed E-state index contributed by atoms with van der Waals surface area (Å²) in [4.78, 5) is 25.8. The highest BCUT2D eigenvalue weighted by Crippen LogP contribution is 2.25. The van der Waals surface area contributed by atoms with Gasteiger partial charge in [0.25, 0.3) is 0 Å². The highest BCUT2D eigenvalue weighted by molar-refractivity contribution is 7.89. The molecule has 0 heterocycles. The van der Waals surface area contributed by atoms with Crippen molar-refractivity contribution < 1.29 is 22.7 Å². The van der Waals surface area contributed by atoms with E-state index < -0.39 is 22.1 Å². The molecule has 0 aliphatic heterocycles. The van der Waals surface area contributed by atoms with E-state index in [0.717, 1.165) is 4.31 Å². The largest absolute Gasteiger partial charge is 0.445 e. The Morgan fingerprint density at radius 3 is 1.97 bits per heavy atom. The van der Waals surface area contributed by atoms with Crippen LogP contribution in [0, 0.1) is 0 Å². The highest BCUT2D eigenvalue weighted by atomic mass is 32.2. The van der Waals surface area contributed by atoms with Gasteiger partial charge in [0.15, 0.2) is 6.10 Å². The Hall–Kier alpha value is -3.29. The zero-order valence-corrected chi connectivity index (χ0v) is 17.4. The molecule has 1 atom stereocenters. The minimum atomic E-state index is -3.71. The van der Waals surface area contributed by atoms with Crippen LogP contribution in [0.2, 0.25) is 0 Å². The van der Waals surface area contributed by atoms with Crippen molar-refractivity contribution in [3.05, 3.63) is 102 Å². The maximum atomic E-state index is 13.0. The first-order valence-electron chi connectivity index (χ1n) is 9.18. The van der Waals surface area contributed by atoms with Crippen molar-refractivity contribution in [2.45, 2.75) is 11.0 Å². The zero-order valence-electron chi connectivity index (χ0n) is 16.6. The molecule has 7 heteroatoms. The van der Waals surface area contributed by atoms with Gasteiger partial charge in [0.1, 0.15) is 0 Å². The third kappa shape index (κ3) is 4.64. The molecule has 1 unspecified atom stereocenters. The van der Waals surface area contributed by atoms with Gasteiger partial charge < -0.3 is 4.74 Å². The molecule has 0 aliphatic carbocycles. The van der Waals surface area contributed by atoms with Crippen molar-refractivity contribution in [3.8, 4) is 0 Å². The van der Waals surface area contributed by atoms with Crippen LogP contribution in [0.3, 0.4) is 0 Å². The number of benzene rings is 3. The topological polar surface area (TPSA) is 80.8 Å². The lowest BCUT2D eigenvalue weighted by atomic mass is 10.00. The molecule has 0 amide bonds. The fourth-order valence-corrected chi connectivity index (χ4v) is 3.77. The number of rotatable bonds is 7. The molecule has 0 aromatic heterocycles. The second-order valence-electron chi connectivity index (χ2n) is 6.74. The van der Waals surface area contributed by atoms with E-state index in [1.54, 1.807) is 60.7 Å². The van der Waals surface area contributed by atoms with Gasteiger partial charge in [-0.3, -0.25) is 4.79 Å². The second-order valence-corrected chi connectivity index (χ2v) is 8.89. The van der Waals surface area contributed by atoms with E-state index in [9.17, 15) is 18.0 Å². The number of sulfonamides is 1. The van der Waals surface area contributed by atoms with Crippen molar-refractivity contribution in [3.63, 3.8) is 0 Å². The second kappa shape index (κ2) is 9.02. The molecular weight excluding hydrogens is 402 g/mol. The third-order valence-electron chi connectivity index (χ3n) is 4.47. The van der Waals surface area contributed by atoms with Gasteiger partial charge in [0, 0.05) is 25.2 Å². The van der Waals surface area contributed by atoms with E-state index in [1.807, 2.05) is 0 Å². The van der Waals surface area contributed by atoms with Gasteiger partial charge in [0.2, 0.25) is 15.8 Å². The molecule has 0 spiro atoms. The van der Waals surface area contributed by atoms with E-state index in [1.165, 1.54) is 38.4 Å². The molecule has 0 aliphatic rings. The molecule has 3 aromatic carbocycles. The zero-order chi connectivity index (χ0) is 21.7. The van der Waals surface area contributed by atoms with Crippen molar-refractivity contribution >= 4 is 21.8 Å². The number of carbonyl (C=O) groups excluding carboxylic acids is 2. The molecule has 0 fully saturated rings. The first kappa shape index (κ1) is 21.4. The smallest absolute Gasteiger partial charge is 0.339 e. The Balaban J connectivity index is 1.94. The summed E-state index contributed by atoms with van der Waals surface area (Å²) < 4.78 is 31.4. The minimum absolute atomic E-state index is 0.0346. The number of hydrogen-bond donors (Lipinski definition) is 0. The van der Waals surface area contributed by atoms with Crippen molar-refractivity contribution in [2.24, 2.45) is 0 Å². The lowest BCUT2D eigenvalue weighted by Gasteiger charge is -2.18. The van der Waals surface area contributed by atoms with Crippen molar-refractivity contribution in [1.29, 1.82) is 0 Å². The lowest BCUT2D eigenvalue weighted by Crippen LogP contribution is -2.23. The van der Waals surface area contributed by atoms with Gasteiger partial charge in [-0.05, 0) is 18.2 Å². The van der Waals surface area contributed by atoms with E-state index in [0.29, 0.717) is 11.1 Å². The summed E-state index contributed by atoms with van der Waals surface area (Å²) in [6, 6.07) is 22.8. The number of ketones is 1. The molecule has 0 bridgehead atoms. The molecule has 154 valence electrons. The summed E-state index contributed by atoms with van der Waals surface area (Å²) in [6.45, 7) is 0. The Kier molecular flexibility index (Phi) is 6.44. The molecule has 0 radical (unpaired) electrons. The lowest BCUT2D eigenvalue weighted by molar-refractivity contribution is 0.0280. The van der Waals surface area contributed by atoms with E-state index >= 15 is 0 Å². The summed E-state index contributed by atoms with van der Waals surface area (Å²) in [5, 5.41) is 0. The van der Waals surface area contributed by atoms with E-state index in [4.69, 9.17) is 4.74 Å². The van der Waals surface area contributed by atoms with Crippen LogP contribution in [0.15, 0.2) is 89.8 Å². The maximum Gasteiger partial charge on any atom is 0.339 e. The van der Waals surface area contributed by atoms with Crippen LogP contribution in [0.4, 0.5) is 0 Å². The molecule has 3 rings (SSSR count). The standard InChI is InChI=1S/C23H21NO5S/c1-24(2)30(27,28)20-15-9-14-19(16-20)23(26)29-22(18-12-7-4-8-13-18)21(25)17-10-5-3-6-11-17/h3-16,22H,1-2H3. The first-order chi connectivity index (χ1) is 14.3. The molecular formula is C23H21NO5S. The molecule has 0 saturated carbocycles. The van der Waals surface area contributed by atoms with Gasteiger partial charge in [0.05, 0.1) is 10.5 Å². The first-order valence-corrected chi connectivity index (χ1v) is 10.6. The van der Waals surface area contributed by atoms with Crippen LogP contribution in [0.1, 0.15) is 32.4 Å². The van der Waals surface area contributed by atoms with Crippen molar-refractivity contribution in [2.75, 3.05) is 14.1 Å². The quantitative estimate of drug-likeness (QED) is 0.427. The predicted molar refractivity (Wildman–Crippen MR) is 113 cm³/mol. The number of hydrogen-bond acceptors (Lipinski definition) is 5. The molecule has 3 aromatic rings. The summed E-state index contributed by atoms with van der Waals surface area (Å²) in [5.74, 6) is -1.16. The number of Topliss-reactive ketones (excluding diaryl/α,β-unsaturated/α-hetero) is 1. The van der Waals surface area contributed by atoms with Crippen LogP contribution >= 0.6 is 0 Å². The maximum absolute atomic E-state index is 13.0. The summed E-state index contributed by atoms with van der Waals surface area (Å²) in [6.07, 6.45) is -1.16. The normalized spacial score (nSPS) is 12.4. The number of carbonyl (C=O) groups is 2. The van der Waals surface area contributed by atoms with Crippen LogP contribution in [-0.4, -0.2) is 38.6 Å². The van der Waals surface area contributed by atoms with Crippen molar-refractivity contribution in [1.82, 2.24) is 4.31 Å². The van der Waals surface area contributed by atoms with Gasteiger partial charge in [-0.1, -0.05) is 66.7 Å². The fraction of sp³-hybridized carbons (Fsp3) is 0.130. The Labute approximate surface area is 175 Å². The molecule has 30 heavy (non-hydrogen) atoms. The summed E-state index contributed by atoms with van der Waals surface area (Å²) in [7, 11) is -0.900. The Morgan fingerprint density at radius 1 is 0.800 bits per heavy atom. The van der Waals surface area contributed by atoms with Gasteiger partial charge in [-0.15, -0.1) is 0 Å². The van der Waals surface area contributed by atoms with E-state index in [-0.39, 0.29) is 16.2 Å². The monoisotopic (exact) mass is 423 g/mol. The molecule has 0 N–H and O–H groups in total. The minimum Gasteiger partial charge on any atom is -0.445 e. The summed E-state index contributed by atoms with van der Waals surface area (Å²) >= 11 is 0. The number of ether oxygens (including phenoxy) is 1. The highest BCUT2D eigenvalue weighted by Gasteiger charge is 2.27. The van der Waals surface area contributed by atoms with Crippen LogP contribution in [-0.2, 0) is 14.8 Å². The van der Waals surface area contributed by atoms with Crippen LogP contribution < -0.4 is 0 Å². The third-order valence-corrected chi connectivity index (χ3v) is 6.28. The number of esters is 1. The summed E-state index contributed by atoms with van der Waals surface area (Å²) in [5.41, 5.74) is 0.972.